The van der Waals surface area contributed by atoms with E-state index >= 15 is 0 Å². The van der Waals surface area contributed by atoms with Crippen molar-refractivity contribution in [1.82, 2.24) is 34.8 Å². The molecular formula is C23H25BrN8O. The molecule has 0 saturated heterocycles. The first-order valence-corrected chi connectivity index (χ1v) is 11.7. The zero-order valence-electron chi connectivity index (χ0n) is 18.7. The number of carbonyl (C=O) groups is 1. The molecule has 1 amide bonds. The van der Waals surface area contributed by atoms with Crippen LogP contribution in [0.25, 0.3) is 28.0 Å². The van der Waals surface area contributed by atoms with Gasteiger partial charge in [0.25, 0.3) is 0 Å². The number of hydrogen-bond donors (Lipinski definition) is 2. The monoisotopic (exact) mass is 508 g/mol. The topological polar surface area (TPSA) is 103 Å². The zero-order valence-corrected chi connectivity index (χ0v) is 20.3. The lowest BCUT2D eigenvalue weighted by Crippen LogP contribution is -2.35. The minimum absolute atomic E-state index is 0.0827. The van der Waals surface area contributed by atoms with Crippen LogP contribution in [0.1, 0.15) is 26.2 Å². The Kier molecular flexibility index (Phi) is 5.40. The van der Waals surface area contributed by atoms with E-state index < -0.39 is 0 Å². The van der Waals surface area contributed by atoms with Gasteiger partial charge in [-0.1, -0.05) is 19.1 Å². The second-order valence-corrected chi connectivity index (χ2v) is 9.53. The van der Waals surface area contributed by atoms with Gasteiger partial charge < -0.3 is 10.6 Å². The number of halogens is 1. The lowest BCUT2D eigenvalue weighted by atomic mass is 9.87. The molecule has 170 valence electrons. The lowest BCUT2D eigenvalue weighted by molar-refractivity contribution is -0.129. The molecule has 4 aromatic rings. The quantitative estimate of drug-likeness (QED) is 0.426. The van der Waals surface area contributed by atoms with E-state index in [0.29, 0.717) is 16.2 Å². The molecule has 5 rings (SSSR count). The molecule has 1 aliphatic carbocycles. The van der Waals surface area contributed by atoms with E-state index in [1.165, 1.54) is 0 Å². The minimum atomic E-state index is -0.364. The van der Waals surface area contributed by atoms with Crippen LogP contribution >= 0.6 is 15.9 Å². The second kappa shape index (κ2) is 8.26. The molecule has 0 bridgehead atoms. The van der Waals surface area contributed by atoms with Crippen molar-refractivity contribution in [3.63, 3.8) is 0 Å². The van der Waals surface area contributed by atoms with Gasteiger partial charge in [0, 0.05) is 43.5 Å². The van der Waals surface area contributed by atoms with Crippen LogP contribution < -0.4 is 10.6 Å². The first-order valence-electron chi connectivity index (χ1n) is 10.9. The summed E-state index contributed by atoms with van der Waals surface area (Å²) in [4.78, 5) is 21.5. The van der Waals surface area contributed by atoms with E-state index in [1.54, 1.807) is 22.6 Å². The number of aromatic nitrogens is 6. The Hall–Kier alpha value is -3.27. The predicted octanol–water partition coefficient (Wildman–Crippen LogP) is 3.70. The minimum Gasteiger partial charge on any atom is -0.359 e. The number of carbonyl (C=O) groups excluding carboxylic acids is 1. The maximum Gasteiger partial charge on any atom is 0.225 e. The molecule has 10 heteroatoms. The molecule has 3 heterocycles. The fourth-order valence-electron chi connectivity index (χ4n) is 4.52. The molecule has 0 spiro atoms. The third kappa shape index (κ3) is 3.99. The zero-order chi connectivity index (χ0) is 23.2. The Bertz CT molecular complexity index is 1330. The van der Waals surface area contributed by atoms with Gasteiger partial charge in [0.15, 0.2) is 5.65 Å². The molecule has 33 heavy (non-hydrogen) atoms. The van der Waals surface area contributed by atoms with Crippen LogP contribution in [0.4, 0.5) is 5.95 Å². The molecule has 2 N–H and O–H groups in total. The van der Waals surface area contributed by atoms with Gasteiger partial charge in [-0.25, -0.2) is 9.67 Å². The van der Waals surface area contributed by atoms with Crippen molar-refractivity contribution in [2.24, 2.45) is 12.5 Å². The molecular weight excluding hydrogens is 484 g/mol. The van der Waals surface area contributed by atoms with Gasteiger partial charge >= 0.3 is 0 Å². The summed E-state index contributed by atoms with van der Waals surface area (Å²) in [6, 6.07) is 10.2. The van der Waals surface area contributed by atoms with Gasteiger partial charge in [0.05, 0.1) is 16.8 Å². The lowest BCUT2D eigenvalue weighted by Gasteiger charge is -2.22. The molecule has 9 nitrogen and oxygen atoms in total. The van der Waals surface area contributed by atoms with Crippen molar-refractivity contribution >= 4 is 38.8 Å². The second-order valence-electron chi connectivity index (χ2n) is 8.78. The molecule has 0 radical (unpaired) electrons. The Morgan fingerprint density at radius 1 is 1.21 bits per heavy atom. The maximum absolute atomic E-state index is 12.2. The van der Waals surface area contributed by atoms with Gasteiger partial charge in [-0.2, -0.15) is 15.2 Å². The number of nitrogens with one attached hydrogen (secondary N) is 2. The summed E-state index contributed by atoms with van der Waals surface area (Å²) in [6.45, 7) is 2.01. The highest BCUT2D eigenvalue weighted by molar-refractivity contribution is 9.10. The molecule has 1 fully saturated rings. The highest BCUT2D eigenvalue weighted by Gasteiger charge is 2.40. The summed E-state index contributed by atoms with van der Waals surface area (Å²) in [6.07, 6.45) is 6.16. The third-order valence-corrected chi connectivity index (χ3v) is 6.94. The van der Waals surface area contributed by atoms with Crippen molar-refractivity contribution in [2.75, 3.05) is 12.4 Å². The molecule has 1 aliphatic rings. The fraction of sp³-hybridized carbons (Fsp3) is 0.348. The smallest absolute Gasteiger partial charge is 0.225 e. The van der Waals surface area contributed by atoms with Gasteiger partial charge in [0.1, 0.15) is 4.60 Å². The Morgan fingerprint density at radius 3 is 2.70 bits per heavy atom. The van der Waals surface area contributed by atoms with E-state index in [9.17, 15) is 4.79 Å². The number of benzene rings is 1. The molecule has 0 aliphatic heterocycles. The fourth-order valence-corrected chi connectivity index (χ4v) is 4.95. The van der Waals surface area contributed by atoms with Crippen LogP contribution in [0.5, 0.6) is 0 Å². The Labute approximate surface area is 199 Å². The van der Waals surface area contributed by atoms with Crippen molar-refractivity contribution < 1.29 is 4.79 Å². The first-order chi connectivity index (χ1) is 15.9. The van der Waals surface area contributed by atoms with Crippen molar-refractivity contribution in [3.8, 4) is 16.9 Å². The van der Waals surface area contributed by atoms with Gasteiger partial charge in [-0.05, 0) is 53.4 Å². The van der Waals surface area contributed by atoms with E-state index in [2.05, 4.69) is 41.7 Å². The summed E-state index contributed by atoms with van der Waals surface area (Å²) in [5.41, 5.74) is 3.19. The summed E-state index contributed by atoms with van der Waals surface area (Å²) < 4.78 is 4.28. The van der Waals surface area contributed by atoms with E-state index in [0.717, 1.165) is 41.6 Å². The largest absolute Gasteiger partial charge is 0.359 e. The SMILES string of the molecule is CNC(=O)[C@]1(C)CC[C@@H](Nc2ncc3c(Br)nn(-c4ccc(-c5ccn(C)n5)cc4)c3n2)C1. The average molecular weight is 509 g/mol. The number of nitrogens with zero attached hydrogens (tertiary/aromatic N) is 6. The van der Waals surface area contributed by atoms with E-state index in [-0.39, 0.29) is 17.4 Å². The van der Waals surface area contributed by atoms with Crippen LogP contribution in [-0.4, -0.2) is 48.5 Å². The number of amides is 1. The molecule has 0 unspecified atom stereocenters. The third-order valence-electron chi connectivity index (χ3n) is 6.35. The molecule has 1 aromatic carbocycles. The normalized spacial score (nSPS) is 20.3. The van der Waals surface area contributed by atoms with Crippen LogP contribution in [-0.2, 0) is 11.8 Å². The average Bonchev–Trinajstić information content (AvgIpc) is 3.51. The van der Waals surface area contributed by atoms with E-state index in [4.69, 9.17) is 4.98 Å². The number of hydrogen-bond acceptors (Lipinski definition) is 6. The van der Waals surface area contributed by atoms with Crippen LogP contribution in [0.2, 0.25) is 0 Å². The Morgan fingerprint density at radius 2 is 2.00 bits per heavy atom. The molecule has 1 saturated carbocycles. The van der Waals surface area contributed by atoms with Gasteiger partial charge in [-0.15, -0.1) is 0 Å². The summed E-state index contributed by atoms with van der Waals surface area (Å²) in [5, 5.41) is 16.1. The van der Waals surface area contributed by atoms with Gasteiger partial charge in [-0.3, -0.25) is 9.48 Å². The number of fused-ring (bicyclic) bond motifs is 1. The predicted molar refractivity (Wildman–Crippen MR) is 130 cm³/mol. The summed E-state index contributed by atoms with van der Waals surface area (Å²) in [5.74, 6) is 0.617. The number of rotatable bonds is 5. The maximum atomic E-state index is 12.2. The van der Waals surface area contributed by atoms with Crippen LogP contribution in [0.15, 0.2) is 47.3 Å². The van der Waals surface area contributed by atoms with Crippen molar-refractivity contribution in [1.29, 1.82) is 0 Å². The standard InChI is InChI=1S/C23H25BrN8O/c1-23(21(33)25-2)10-8-15(12-23)27-22-26-13-17-19(24)30-32(20(17)28-22)16-6-4-14(5-7-16)18-9-11-31(3)29-18/h4-7,9,11,13,15H,8,10,12H2,1-3H3,(H,25,33)(H,26,27,28)/t15-,23-/m1/s1. The molecule has 3 aromatic heterocycles. The van der Waals surface area contributed by atoms with Crippen molar-refractivity contribution in [3.05, 3.63) is 47.3 Å². The van der Waals surface area contributed by atoms with E-state index in [1.807, 2.05) is 50.5 Å². The number of anilines is 1. The highest BCUT2D eigenvalue weighted by atomic mass is 79.9. The van der Waals surface area contributed by atoms with Crippen LogP contribution in [0, 0.1) is 5.41 Å². The highest BCUT2D eigenvalue weighted by Crippen LogP contribution is 2.39. The summed E-state index contributed by atoms with van der Waals surface area (Å²) in [7, 11) is 3.59. The van der Waals surface area contributed by atoms with Crippen molar-refractivity contribution in [2.45, 2.75) is 32.2 Å². The first kappa shape index (κ1) is 21.6. The summed E-state index contributed by atoms with van der Waals surface area (Å²) >= 11 is 3.53. The molecule has 2 atom stereocenters. The van der Waals surface area contributed by atoms with Crippen LogP contribution in [0.3, 0.4) is 0 Å². The number of aryl methyl sites for hydroxylation is 1. The van der Waals surface area contributed by atoms with Gasteiger partial charge in [0.2, 0.25) is 11.9 Å². The Balaban J connectivity index is 1.42.